The number of rotatable bonds is 6. The Kier molecular flexibility index (Phi) is 4.49. The van der Waals surface area contributed by atoms with Gasteiger partial charge < -0.3 is 15.6 Å². The number of carbonyl (C=O) groups excluding carboxylic acids is 1. The number of nitrogens with zero attached hydrogens (tertiary/aromatic N) is 1. The second-order valence-electron chi connectivity index (χ2n) is 3.90. The SMILES string of the molecule is CC(=O)Nc1ccsc1CNCCc1ncc[nH]1. The fraction of sp³-hybridized carbons (Fsp3) is 0.333. The summed E-state index contributed by atoms with van der Waals surface area (Å²) >= 11 is 1.64. The Labute approximate surface area is 110 Å². The molecule has 0 spiro atoms. The summed E-state index contributed by atoms with van der Waals surface area (Å²) in [6, 6.07) is 1.93. The zero-order chi connectivity index (χ0) is 12.8. The second-order valence-corrected chi connectivity index (χ2v) is 4.90. The summed E-state index contributed by atoms with van der Waals surface area (Å²) in [5.41, 5.74) is 0.901. The first kappa shape index (κ1) is 12.8. The molecule has 0 saturated carbocycles. The maximum absolute atomic E-state index is 11.0. The van der Waals surface area contributed by atoms with Crippen molar-refractivity contribution in [2.24, 2.45) is 0 Å². The molecule has 0 fully saturated rings. The van der Waals surface area contributed by atoms with Crippen LogP contribution in [0, 0.1) is 0 Å². The minimum atomic E-state index is -0.0368. The summed E-state index contributed by atoms with van der Waals surface area (Å²) in [6.07, 6.45) is 4.45. The lowest BCUT2D eigenvalue weighted by atomic mass is 10.3. The van der Waals surface area contributed by atoms with Crippen LogP contribution in [-0.4, -0.2) is 22.4 Å². The van der Waals surface area contributed by atoms with Crippen molar-refractivity contribution in [3.8, 4) is 0 Å². The highest BCUT2D eigenvalue weighted by Crippen LogP contribution is 2.21. The highest BCUT2D eigenvalue weighted by atomic mass is 32.1. The van der Waals surface area contributed by atoms with Gasteiger partial charge >= 0.3 is 0 Å². The number of hydrogen-bond donors (Lipinski definition) is 3. The number of aromatic amines is 1. The Bertz CT molecular complexity index is 492. The van der Waals surface area contributed by atoms with Crippen molar-refractivity contribution in [1.29, 1.82) is 0 Å². The van der Waals surface area contributed by atoms with Crippen molar-refractivity contribution in [2.75, 3.05) is 11.9 Å². The maximum Gasteiger partial charge on any atom is 0.221 e. The van der Waals surface area contributed by atoms with Gasteiger partial charge in [-0.1, -0.05) is 0 Å². The van der Waals surface area contributed by atoms with Crippen LogP contribution in [0.4, 0.5) is 5.69 Å². The summed E-state index contributed by atoms with van der Waals surface area (Å²) in [6.45, 7) is 3.13. The molecule has 0 radical (unpaired) electrons. The van der Waals surface area contributed by atoms with Gasteiger partial charge in [0.25, 0.3) is 0 Å². The number of aromatic nitrogens is 2. The molecule has 0 aliphatic heterocycles. The van der Waals surface area contributed by atoms with Crippen LogP contribution >= 0.6 is 11.3 Å². The van der Waals surface area contributed by atoms with E-state index in [-0.39, 0.29) is 5.91 Å². The molecule has 0 atom stereocenters. The van der Waals surface area contributed by atoms with Crippen LogP contribution in [0.1, 0.15) is 17.6 Å². The number of amides is 1. The Hall–Kier alpha value is -1.66. The van der Waals surface area contributed by atoms with Crippen molar-refractivity contribution in [3.05, 3.63) is 34.5 Å². The quantitative estimate of drug-likeness (QED) is 0.696. The molecule has 0 saturated heterocycles. The average Bonchev–Trinajstić information content (AvgIpc) is 2.95. The van der Waals surface area contributed by atoms with E-state index >= 15 is 0 Å². The predicted molar refractivity (Wildman–Crippen MR) is 72.6 cm³/mol. The molecule has 2 rings (SSSR count). The first-order valence-electron chi connectivity index (χ1n) is 5.78. The van der Waals surface area contributed by atoms with Gasteiger partial charge in [-0.25, -0.2) is 4.98 Å². The van der Waals surface area contributed by atoms with Gasteiger partial charge in [0.2, 0.25) is 5.91 Å². The standard InChI is InChI=1S/C12H16N4OS/c1-9(17)16-10-3-7-18-11(10)8-13-4-2-12-14-5-6-15-12/h3,5-7,13H,2,4,8H2,1H3,(H,14,15)(H,16,17). The van der Waals surface area contributed by atoms with Crippen molar-refractivity contribution >= 4 is 22.9 Å². The predicted octanol–water partition coefficient (Wildman–Crippen LogP) is 1.76. The molecule has 0 aliphatic carbocycles. The summed E-state index contributed by atoms with van der Waals surface area (Å²) in [7, 11) is 0. The second kappa shape index (κ2) is 6.32. The summed E-state index contributed by atoms with van der Waals surface area (Å²) in [5.74, 6) is 0.945. The van der Waals surface area contributed by atoms with E-state index in [0.29, 0.717) is 0 Å². The minimum absolute atomic E-state index is 0.0368. The normalized spacial score (nSPS) is 10.5. The van der Waals surface area contributed by atoms with Crippen molar-refractivity contribution in [2.45, 2.75) is 19.9 Å². The molecule has 5 nitrogen and oxygen atoms in total. The molecule has 3 N–H and O–H groups in total. The summed E-state index contributed by atoms with van der Waals surface area (Å²) < 4.78 is 0. The number of H-pyrrole nitrogens is 1. The number of imidazole rings is 1. The van der Waals surface area contributed by atoms with Gasteiger partial charge in [-0.3, -0.25) is 4.79 Å². The third kappa shape index (κ3) is 3.68. The van der Waals surface area contributed by atoms with Gasteiger partial charge in [0.05, 0.1) is 5.69 Å². The Morgan fingerprint density at radius 1 is 1.56 bits per heavy atom. The lowest BCUT2D eigenvalue weighted by Crippen LogP contribution is -2.17. The zero-order valence-electron chi connectivity index (χ0n) is 10.2. The lowest BCUT2D eigenvalue weighted by Gasteiger charge is -2.05. The van der Waals surface area contributed by atoms with E-state index in [9.17, 15) is 4.79 Å². The van der Waals surface area contributed by atoms with Crippen LogP contribution in [0.15, 0.2) is 23.8 Å². The van der Waals surface area contributed by atoms with Gasteiger partial charge in [0.1, 0.15) is 5.82 Å². The molecular weight excluding hydrogens is 248 g/mol. The Morgan fingerprint density at radius 2 is 2.44 bits per heavy atom. The third-order valence-electron chi connectivity index (χ3n) is 2.44. The molecule has 18 heavy (non-hydrogen) atoms. The molecule has 0 aliphatic rings. The zero-order valence-corrected chi connectivity index (χ0v) is 11.0. The summed E-state index contributed by atoms with van der Waals surface area (Å²) in [5, 5.41) is 8.14. The Balaban J connectivity index is 1.76. The Morgan fingerprint density at radius 3 is 3.17 bits per heavy atom. The highest BCUT2D eigenvalue weighted by molar-refractivity contribution is 7.10. The van der Waals surface area contributed by atoms with E-state index in [4.69, 9.17) is 0 Å². The number of carbonyl (C=O) groups is 1. The topological polar surface area (TPSA) is 69.8 Å². The first-order valence-corrected chi connectivity index (χ1v) is 6.66. The fourth-order valence-electron chi connectivity index (χ4n) is 1.62. The molecule has 2 heterocycles. The van der Waals surface area contributed by atoms with E-state index in [1.54, 1.807) is 17.5 Å². The van der Waals surface area contributed by atoms with Crippen molar-refractivity contribution < 1.29 is 4.79 Å². The molecule has 1 amide bonds. The van der Waals surface area contributed by atoms with E-state index in [0.717, 1.165) is 35.9 Å². The van der Waals surface area contributed by atoms with Gasteiger partial charge in [0.15, 0.2) is 0 Å². The largest absolute Gasteiger partial charge is 0.349 e. The number of anilines is 1. The van der Waals surface area contributed by atoms with E-state index in [1.807, 2.05) is 17.6 Å². The smallest absolute Gasteiger partial charge is 0.221 e. The van der Waals surface area contributed by atoms with Crippen molar-refractivity contribution in [3.63, 3.8) is 0 Å². The average molecular weight is 264 g/mol. The number of thiophene rings is 1. The summed E-state index contributed by atoms with van der Waals surface area (Å²) in [4.78, 5) is 19.4. The monoisotopic (exact) mass is 264 g/mol. The fourth-order valence-corrected chi connectivity index (χ4v) is 2.42. The first-order chi connectivity index (χ1) is 8.75. The van der Waals surface area contributed by atoms with Crippen LogP contribution in [-0.2, 0) is 17.8 Å². The van der Waals surface area contributed by atoms with Crippen LogP contribution < -0.4 is 10.6 Å². The highest BCUT2D eigenvalue weighted by Gasteiger charge is 2.05. The maximum atomic E-state index is 11.0. The van der Waals surface area contributed by atoms with E-state index in [2.05, 4.69) is 20.6 Å². The van der Waals surface area contributed by atoms with E-state index in [1.165, 1.54) is 6.92 Å². The van der Waals surface area contributed by atoms with Gasteiger partial charge in [-0.05, 0) is 11.4 Å². The molecule has 6 heteroatoms. The van der Waals surface area contributed by atoms with Crippen LogP contribution in [0.5, 0.6) is 0 Å². The molecule has 2 aromatic heterocycles. The molecule has 2 aromatic rings. The molecular formula is C12H16N4OS. The van der Waals surface area contributed by atoms with E-state index < -0.39 is 0 Å². The minimum Gasteiger partial charge on any atom is -0.349 e. The molecule has 0 bridgehead atoms. The van der Waals surface area contributed by atoms with Gasteiger partial charge in [0, 0.05) is 43.7 Å². The van der Waals surface area contributed by atoms with Crippen LogP contribution in [0.3, 0.4) is 0 Å². The van der Waals surface area contributed by atoms with Gasteiger partial charge in [-0.2, -0.15) is 0 Å². The lowest BCUT2D eigenvalue weighted by molar-refractivity contribution is -0.114. The third-order valence-corrected chi connectivity index (χ3v) is 3.36. The van der Waals surface area contributed by atoms with Gasteiger partial charge in [-0.15, -0.1) is 11.3 Å². The number of hydrogen-bond acceptors (Lipinski definition) is 4. The number of nitrogens with one attached hydrogen (secondary N) is 3. The van der Waals surface area contributed by atoms with Crippen molar-refractivity contribution in [1.82, 2.24) is 15.3 Å². The van der Waals surface area contributed by atoms with Crippen LogP contribution in [0.25, 0.3) is 0 Å². The van der Waals surface area contributed by atoms with Crippen LogP contribution in [0.2, 0.25) is 0 Å². The molecule has 0 aromatic carbocycles. The molecule has 96 valence electrons. The molecule has 0 unspecified atom stereocenters.